The molecule has 0 aliphatic heterocycles. The van der Waals surface area contributed by atoms with Gasteiger partial charge < -0.3 is 5.11 Å². The second kappa shape index (κ2) is 13.1. The van der Waals surface area contributed by atoms with Gasteiger partial charge in [-0.3, -0.25) is 19.3 Å². The third-order valence-electron chi connectivity index (χ3n) is 8.74. The number of rotatable bonds is 13. The maximum atomic E-state index is 13.4. The second-order valence-corrected chi connectivity index (χ2v) is 14.4. The Morgan fingerprint density at radius 1 is 0.919 bits per heavy atom. The smallest absolute Gasteiger partial charge is 0.321 e. The number of carbonyl (C=O) groups is 3. The highest BCUT2D eigenvalue weighted by Crippen LogP contribution is 2.43. The lowest BCUT2D eigenvalue weighted by molar-refractivity contribution is -0.144. The van der Waals surface area contributed by atoms with E-state index in [0.29, 0.717) is 25.1 Å². The summed E-state index contributed by atoms with van der Waals surface area (Å²) in [7, 11) is 0. The van der Waals surface area contributed by atoms with Gasteiger partial charge in [0.25, 0.3) is 0 Å². The van der Waals surface area contributed by atoms with Crippen molar-refractivity contribution in [2.24, 2.45) is 34.5 Å². The van der Waals surface area contributed by atoms with Gasteiger partial charge in [0.15, 0.2) is 0 Å². The van der Waals surface area contributed by atoms with Gasteiger partial charge in [-0.15, -0.1) is 0 Å². The largest absolute Gasteiger partial charge is 0.480 e. The summed E-state index contributed by atoms with van der Waals surface area (Å²) in [6, 6.07) is -0.860. The molecule has 2 aliphatic carbocycles. The highest BCUT2D eigenvalue weighted by molar-refractivity contribution is 7.99. The van der Waals surface area contributed by atoms with Crippen LogP contribution in [0.5, 0.6) is 0 Å². The number of hydrogen-bond donors (Lipinski definition) is 1. The molecular formula is C31H51NO4S. The lowest BCUT2D eigenvalue weighted by Gasteiger charge is -2.40. The third-order valence-corrected chi connectivity index (χ3v) is 9.98. The first-order chi connectivity index (χ1) is 17.1. The second-order valence-electron chi connectivity index (χ2n) is 12.9. The molecule has 0 saturated heterocycles. The molecule has 0 aromatic heterocycles. The SMILES string of the molecule is CCN(C(C)CC(=O)C1C(C)C=CCC1(C)C)[C@@H](CSC(C)CC(=O)C1C(C)C=CCC1(C)C)C(=O)O. The van der Waals surface area contributed by atoms with Gasteiger partial charge in [-0.25, -0.2) is 0 Å². The molecule has 0 radical (unpaired) electrons. The normalized spacial score (nSPS) is 29.0. The molecule has 2 rings (SSSR count). The minimum absolute atomic E-state index is 0.00438. The molecular weight excluding hydrogens is 482 g/mol. The first kappa shape index (κ1) is 31.8. The number of thioether (sulfide) groups is 1. The number of nitrogens with zero attached hydrogens (tertiary/aromatic N) is 1. The Bertz CT molecular complexity index is 876. The molecule has 0 amide bonds. The summed E-state index contributed by atoms with van der Waals surface area (Å²) in [5, 5.41) is 10.1. The van der Waals surface area contributed by atoms with Crippen LogP contribution in [0.4, 0.5) is 0 Å². The highest BCUT2D eigenvalue weighted by atomic mass is 32.2. The predicted octanol–water partition coefficient (Wildman–Crippen LogP) is 6.67. The van der Waals surface area contributed by atoms with Gasteiger partial charge in [0, 0.05) is 41.7 Å². The van der Waals surface area contributed by atoms with Crippen molar-refractivity contribution in [2.75, 3.05) is 12.3 Å². The summed E-state index contributed by atoms with van der Waals surface area (Å²) in [6.45, 7) is 19.4. The number of hydrogen-bond acceptors (Lipinski definition) is 5. The van der Waals surface area contributed by atoms with Crippen molar-refractivity contribution in [3.63, 3.8) is 0 Å². The monoisotopic (exact) mass is 533 g/mol. The molecule has 0 bridgehead atoms. The van der Waals surface area contributed by atoms with E-state index in [-0.39, 0.29) is 57.4 Å². The fraction of sp³-hybridized carbons (Fsp3) is 0.774. The molecule has 6 heteroatoms. The van der Waals surface area contributed by atoms with Gasteiger partial charge in [-0.1, -0.05) is 79.7 Å². The topological polar surface area (TPSA) is 74.7 Å². The zero-order valence-electron chi connectivity index (χ0n) is 24.6. The molecule has 0 spiro atoms. The maximum absolute atomic E-state index is 13.4. The van der Waals surface area contributed by atoms with Crippen LogP contribution < -0.4 is 0 Å². The van der Waals surface area contributed by atoms with E-state index in [0.717, 1.165) is 12.8 Å². The third kappa shape index (κ3) is 8.05. The van der Waals surface area contributed by atoms with Crippen LogP contribution in [0.2, 0.25) is 0 Å². The first-order valence-electron chi connectivity index (χ1n) is 14.1. The Morgan fingerprint density at radius 3 is 1.78 bits per heavy atom. The molecule has 37 heavy (non-hydrogen) atoms. The molecule has 5 nitrogen and oxygen atoms in total. The van der Waals surface area contributed by atoms with E-state index in [2.05, 4.69) is 65.8 Å². The van der Waals surface area contributed by atoms with Crippen LogP contribution in [0.25, 0.3) is 0 Å². The number of aliphatic carboxylic acids is 1. The van der Waals surface area contributed by atoms with E-state index in [4.69, 9.17) is 0 Å². The number of carboxylic acid groups (broad SMARTS) is 1. The van der Waals surface area contributed by atoms with Gasteiger partial charge in [0.2, 0.25) is 0 Å². The summed E-state index contributed by atoms with van der Waals surface area (Å²) >= 11 is 1.56. The predicted molar refractivity (Wildman–Crippen MR) is 155 cm³/mol. The molecule has 0 heterocycles. The van der Waals surface area contributed by atoms with Crippen LogP contribution >= 0.6 is 11.8 Å². The fourth-order valence-corrected chi connectivity index (χ4v) is 8.07. The van der Waals surface area contributed by atoms with E-state index in [1.165, 1.54) is 0 Å². The molecule has 210 valence electrons. The summed E-state index contributed by atoms with van der Waals surface area (Å²) in [5.41, 5.74) is -0.146. The Hall–Kier alpha value is -1.40. The number of ketones is 2. The van der Waals surface area contributed by atoms with E-state index in [1.807, 2.05) is 25.7 Å². The van der Waals surface area contributed by atoms with Crippen LogP contribution in [0.3, 0.4) is 0 Å². The van der Waals surface area contributed by atoms with Gasteiger partial charge in [0.05, 0.1) is 0 Å². The van der Waals surface area contributed by atoms with Crippen molar-refractivity contribution in [2.45, 2.75) is 105 Å². The Balaban J connectivity index is 2.02. The average Bonchev–Trinajstić information content (AvgIpc) is 2.74. The minimum atomic E-state index is -0.867. The summed E-state index contributed by atoms with van der Waals surface area (Å²) in [5.74, 6) is 0.387. The lowest BCUT2D eigenvalue weighted by atomic mass is 9.64. The van der Waals surface area contributed by atoms with Crippen LogP contribution in [0.1, 0.15) is 88.0 Å². The first-order valence-corrected chi connectivity index (χ1v) is 15.2. The number of likely N-dealkylation sites (N-methyl/N-ethyl adjacent to an activating group) is 1. The number of carbonyl (C=O) groups excluding carboxylic acids is 2. The number of allylic oxidation sites excluding steroid dienone is 4. The zero-order chi connectivity index (χ0) is 28.1. The van der Waals surface area contributed by atoms with Crippen LogP contribution in [-0.2, 0) is 14.4 Å². The van der Waals surface area contributed by atoms with Crippen LogP contribution in [0, 0.1) is 34.5 Å². The summed E-state index contributed by atoms with van der Waals surface area (Å²) < 4.78 is 0. The molecule has 0 fully saturated rings. The van der Waals surface area contributed by atoms with Crippen molar-refractivity contribution >= 4 is 29.3 Å². The quantitative estimate of drug-likeness (QED) is 0.267. The Kier molecular flexibility index (Phi) is 11.3. The van der Waals surface area contributed by atoms with Gasteiger partial charge in [-0.2, -0.15) is 11.8 Å². The van der Waals surface area contributed by atoms with E-state index in [9.17, 15) is 19.5 Å². The van der Waals surface area contributed by atoms with Crippen molar-refractivity contribution in [1.82, 2.24) is 4.90 Å². The molecule has 0 aromatic rings. The van der Waals surface area contributed by atoms with Crippen molar-refractivity contribution in [1.29, 1.82) is 0 Å². The average molecular weight is 534 g/mol. The Labute approximate surface area is 229 Å². The zero-order valence-corrected chi connectivity index (χ0v) is 25.4. The summed E-state index contributed by atoms with van der Waals surface area (Å²) in [6.07, 6.45) is 11.2. The van der Waals surface area contributed by atoms with E-state index >= 15 is 0 Å². The molecule has 2 aliphatic rings. The fourth-order valence-electron chi connectivity index (χ4n) is 6.94. The molecule has 6 unspecified atom stereocenters. The number of carboxylic acids is 1. The van der Waals surface area contributed by atoms with Gasteiger partial charge in [0.1, 0.15) is 17.6 Å². The van der Waals surface area contributed by atoms with E-state index < -0.39 is 12.0 Å². The van der Waals surface area contributed by atoms with E-state index in [1.54, 1.807) is 11.8 Å². The van der Waals surface area contributed by atoms with Gasteiger partial charge >= 0.3 is 5.97 Å². The van der Waals surface area contributed by atoms with Crippen LogP contribution in [-0.4, -0.2) is 57.2 Å². The van der Waals surface area contributed by atoms with Crippen molar-refractivity contribution in [3.8, 4) is 0 Å². The maximum Gasteiger partial charge on any atom is 0.321 e. The number of Topliss-reactive ketones (excluding diaryl/α,β-unsaturated/α-hetero) is 2. The molecule has 0 saturated carbocycles. The molecule has 7 atom stereocenters. The lowest BCUT2D eigenvalue weighted by Crippen LogP contribution is -2.49. The van der Waals surface area contributed by atoms with Gasteiger partial charge in [-0.05, 0) is 49.0 Å². The molecule has 0 aromatic carbocycles. The highest BCUT2D eigenvalue weighted by Gasteiger charge is 2.41. The molecule has 1 N–H and O–H groups in total. The Morgan fingerprint density at radius 2 is 1.38 bits per heavy atom. The summed E-state index contributed by atoms with van der Waals surface area (Å²) in [4.78, 5) is 40.9. The van der Waals surface area contributed by atoms with Crippen LogP contribution in [0.15, 0.2) is 24.3 Å². The van der Waals surface area contributed by atoms with Crippen molar-refractivity contribution in [3.05, 3.63) is 24.3 Å². The van der Waals surface area contributed by atoms with Crippen molar-refractivity contribution < 1.29 is 19.5 Å². The minimum Gasteiger partial charge on any atom is -0.480 e. The standard InChI is InChI=1S/C31H51NO4S/c1-10-32(22(4)17-25(33)27-20(2)13-11-15-30(27,6)7)24(29(35)36)19-37-23(5)18-26(34)28-21(3)14-12-16-31(28,8)9/h11-14,20-24,27-28H,10,15-19H2,1-9H3,(H,35,36)/t20?,21?,22?,23?,24-,27?,28?/m0/s1.